The molecule has 22 heavy (non-hydrogen) atoms. The highest BCUT2D eigenvalue weighted by molar-refractivity contribution is 5.98. The van der Waals surface area contributed by atoms with Gasteiger partial charge in [0, 0.05) is 23.0 Å². The monoisotopic (exact) mass is 299 g/mol. The molecule has 0 saturated heterocycles. The van der Waals surface area contributed by atoms with Crippen LogP contribution >= 0.6 is 0 Å². The first-order chi connectivity index (χ1) is 10.6. The van der Waals surface area contributed by atoms with Crippen molar-refractivity contribution in [2.45, 2.75) is 20.4 Å². The predicted octanol–water partition coefficient (Wildman–Crippen LogP) is 2.71. The Morgan fingerprint density at radius 2 is 2.18 bits per heavy atom. The smallest absolute Gasteiger partial charge is 0.267 e. The normalized spacial score (nSPS) is 10.9. The van der Waals surface area contributed by atoms with Crippen molar-refractivity contribution in [3.63, 3.8) is 0 Å². The summed E-state index contributed by atoms with van der Waals surface area (Å²) >= 11 is 0. The van der Waals surface area contributed by atoms with Gasteiger partial charge < -0.3 is 19.6 Å². The summed E-state index contributed by atoms with van der Waals surface area (Å²) in [5, 5.41) is 7.68. The van der Waals surface area contributed by atoms with Gasteiger partial charge in [0.05, 0.1) is 12.8 Å². The first kappa shape index (κ1) is 14.2. The van der Waals surface area contributed by atoms with Gasteiger partial charge in [-0.25, -0.2) is 0 Å². The lowest BCUT2D eigenvalue weighted by Gasteiger charge is -2.02. The molecule has 114 valence electrons. The molecule has 0 unspecified atom stereocenters. The molecule has 0 radical (unpaired) electrons. The lowest BCUT2D eigenvalue weighted by Crippen LogP contribution is -2.23. The van der Waals surface area contributed by atoms with E-state index in [0.29, 0.717) is 12.2 Å². The first-order valence-electron chi connectivity index (χ1n) is 6.95. The molecule has 2 N–H and O–H groups in total. The second kappa shape index (κ2) is 5.55. The number of nitrogens with zero attached hydrogens (tertiary/aromatic N) is 1. The topological polar surface area (TPSA) is 80.2 Å². The number of carbonyl (C=O) groups is 1. The molecule has 1 aromatic carbocycles. The van der Waals surface area contributed by atoms with Crippen molar-refractivity contribution >= 4 is 16.8 Å². The molecule has 0 aliphatic heterocycles. The zero-order chi connectivity index (χ0) is 15.7. The highest BCUT2D eigenvalue weighted by Gasteiger charge is 2.13. The van der Waals surface area contributed by atoms with Gasteiger partial charge >= 0.3 is 0 Å². The van der Waals surface area contributed by atoms with Gasteiger partial charge in [0.25, 0.3) is 5.91 Å². The molecule has 3 aromatic rings. The molecule has 0 fully saturated rings. The van der Waals surface area contributed by atoms with Gasteiger partial charge in [0.15, 0.2) is 0 Å². The highest BCUT2D eigenvalue weighted by atomic mass is 16.5. The summed E-state index contributed by atoms with van der Waals surface area (Å²) in [7, 11) is 1.62. The summed E-state index contributed by atoms with van der Waals surface area (Å²) in [6, 6.07) is 7.43. The molecule has 1 amide bonds. The number of fused-ring (bicyclic) bond motifs is 1. The molecule has 0 bridgehead atoms. The van der Waals surface area contributed by atoms with Gasteiger partial charge in [-0.1, -0.05) is 5.16 Å². The lowest BCUT2D eigenvalue weighted by atomic mass is 10.2. The van der Waals surface area contributed by atoms with Crippen molar-refractivity contribution in [3.05, 3.63) is 47.0 Å². The van der Waals surface area contributed by atoms with Gasteiger partial charge in [-0.3, -0.25) is 4.79 Å². The van der Waals surface area contributed by atoms with E-state index < -0.39 is 0 Å². The second-order valence-corrected chi connectivity index (χ2v) is 5.12. The van der Waals surface area contributed by atoms with E-state index in [1.165, 1.54) is 0 Å². The number of aromatic nitrogens is 2. The Hall–Kier alpha value is -2.76. The average Bonchev–Trinajstić information content (AvgIpc) is 3.08. The molecule has 2 aromatic heterocycles. The fraction of sp³-hybridized carbons (Fsp3) is 0.250. The Morgan fingerprint density at radius 3 is 2.86 bits per heavy atom. The molecule has 0 atom stereocenters. The molecule has 0 aliphatic carbocycles. The first-order valence-corrected chi connectivity index (χ1v) is 6.95. The molecule has 0 saturated carbocycles. The Labute approximate surface area is 127 Å². The van der Waals surface area contributed by atoms with Crippen LogP contribution in [0.3, 0.4) is 0 Å². The minimum absolute atomic E-state index is 0.171. The fourth-order valence-electron chi connectivity index (χ4n) is 2.38. The maximum Gasteiger partial charge on any atom is 0.267 e. The van der Waals surface area contributed by atoms with E-state index in [1.54, 1.807) is 13.2 Å². The van der Waals surface area contributed by atoms with E-state index in [-0.39, 0.29) is 5.91 Å². The quantitative estimate of drug-likeness (QED) is 0.776. The Balaban J connectivity index is 1.77. The van der Waals surface area contributed by atoms with Gasteiger partial charge in [0.1, 0.15) is 17.2 Å². The van der Waals surface area contributed by atoms with Crippen LogP contribution in [0.4, 0.5) is 0 Å². The second-order valence-electron chi connectivity index (χ2n) is 5.12. The number of rotatable bonds is 4. The Bertz CT molecular complexity index is 813. The Kier molecular flexibility index (Phi) is 3.58. The third-order valence-corrected chi connectivity index (χ3v) is 3.68. The van der Waals surface area contributed by atoms with Crippen LogP contribution in [0.2, 0.25) is 0 Å². The number of hydrogen-bond acceptors (Lipinski definition) is 4. The van der Waals surface area contributed by atoms with E-state index in [9.17, 15) is 4.79 Å². The fourth-order valence-corrected chi connectivity index (χ4v) is 2.38. The van der Waals surface area contributed by atoms with Crippen molar-refractivity contribution in [2.24, 2.45) is 0 Å². The number of aryl methyl sites for hydroxylation is 2. The number of nitrogens with one attached hydrogen (secondary N) is 2. The number of ether oxygens (including phenoxy) is 1. The third-order valence-electron chi connectivity index (χ3n) is 3.68. The summed E-state index contributed by atoms with van der Waals surface area (Å²) < 4.78 is 10.3. The van der Waals surface area contributed by atoms with Crippen molar-refractivity contribution in [2.75, 3.05) is 7.11 Å². The molecule has 0 spiro atoms. The van der Waals surface area contributed by atoms with E-state index in [0.717, 1.165) is 33.7 Å². The van der Waals surface area contributed by atoms with Crippen molar-refractivity contribution in [3.8, 4) is 5.75 Å². The predicted molar refractivity (Wildman–Crippen MR) is 82.0 cm³/mol. The molecule has 3 rings (SSSR count). The van der Waals surface area contributed by atoms with Gasteiger partial charge in [-0.05, 0) is 38.1 Å². The van der Waals surface area contributed by atoms with Crippen LogP contribution in [-0.2, 0) is 6.54 Å². The summed E-state index contributed by atoms with van der Waals surface area (Å²) in [5.41, 5.74) is 3.10. The van der Waals surface area contributed by atoms with Crippen LogP contribution in [0.1, 0.15) is 27.5 Å². The SMILES string of the molecule is COc1ccc2[nH]c(C(=O)NCc3c(C)noc3C)cc2c1. The van der Waals surface area contributed by atoms with Crippen LogP contribution in [0.15, 0.2) is 28.8 Å². The van der Waals surface area contributed by atoms with E-state index >= 15 is 0 Å². The highest BCUT2D eigenvalue weighted by Crippen LogP contribution is 2.21. The molecule has 6 nitrogen and oxygen atoms in total. The molecule has 2 heterocycles. The number of aromatic amines is 1. The maximum atomic E-state index is 12.3. The van der Waals surface area contributed by atoms with Gasteiger partial charge in [-0.15, -0.1) is 0 Å². The standard InChI is InChI=1S/C16H17N3O3/c1-9-13(10(2)22-19-9)8-17-16(20)15-7-11-6-12(21-3)4-5-14(11)18-15/h4-7,18H,8H2,1-3H3,(H,17,20). The third kappa shape index (κ3) is 2.55. The summed E-state index contributed by atoms with van der Waals surface area (Å²) in [4.78, 5) is 15.4. The number of H-pyrrole nitrogens is 1. The van der Waals surface area contributed by atoms with Crippen molar-refractivity contribution in [1.82, 2.24) is 15.5 Å². The molecule has 6 heteroatoms. The lowest BCUT2D eigenvalue weighted by molar-refractivity contribution is 0.0946. The maximum absolute atomic E-state index is 12.3. The van der Waals surface area contributed by atoms with Crippen LogP contribution in [0.25, 0.3) is 10.9 Å². The summed E-state index contributed by atoms with van der Waals surface area (Å²) in [6.45, 7) is 4.07. The number of methoxy groups -OCH3 is 1. The number of benzene rings is 1. The Morgan fingerprint density at radius 1 is 1.36 bits per heavy atom. The zero-order valence-corrected chi connectivity index (χ0v) is 12.7. The average molecular weight is 299 g/mol. The van der Waals surface area contributed by atoms with Crippen molar-refractivity contribution < 1.29 is 14.1 Å². The molecule has 0 aliphatic rings. The van der Waals surface area contributed by atoms with Crippen LogP contribution in [-0.4, -0.2) is 23.2 Å². The van der Waals surface area contributed by atoms with Crippen LogP contribution in [0, 0.1) is 13.8 Å². The van der Waals surface area contributed by atoms with E-state index in [1.807, 2.05) is 32.0 Å². The zero-order valence-electron chi connectivity index (χ0n) is 12.7. The number of amides is 1. The summed E-state index contributed by atoms with van der Waals surface area (Å²) in [5.74, 6) is 1.31. The van der Waals surface area contributed by atoms with Gasteiger partial charge in [-0.2, -0.15) is 0 Å². The number of carbonyl (C=O) groups excluding carboxylic acids is 1. The van der Waals surface area contributed by atoms with Crippen molar-refractivity contribution in [1.29, 1.82) is 0 Å². The minimum Gasteiger partial charge on any atom is -0.497 e. The van der Waals surface area contributed by atoms with Crippen LogP contribution in [0.5, 0.6) is 5.75 Å². The summed E-state index contributed by atoms with van der Waals surface area (Å²) in [6.07, 6.45) is 0. The molecular formula is C16H17N3O3. The minimum atomic E-state index is -0.171. The van der Waals surface area contributed by atoms with E-state index in [2.05, 4.69) is 15.5 Å². The van der Waals surface area contributed by atoms with E-state index in [4.69, 9.17) is 9.26 Å². The van der Waals surface area contributed by atoms with Gasteiger partial charge in [0.2, 0.25) is 0 Å². The molecular weight excluding hydrogens is 282 g/mol. The largest absolute Gasteiger partial charge is 0.497 e. The number of hydrogen-bond donors (Lipinski definition) is 2. The van der Waals surface area contributed by atoms with Crippen LogP contribution < -0.4 is 10.1 Å².